The maximum Gasteiger partial charge on any atom is 0.330 e. The molecular formula is C13H21N3O3. The van der Waals surface area contributed by atoms with Gasteiger partial charge in [0, 0.05) is 13.1 Å². The van der Waals surface area contributed by atoms with E-state index in [1.165, 1.54) is 4.90 Å². The average molecular weight is 267 g/mol. The first-order valence-corrected chi connectivity index (χ1v) is 6.50. The normalized spacial score (nSPS) is 22.2. The largest absolute Gasteiger partial charge is 0.330 e. The van der Waals surface area contributed by atoms with Crippen LogP contribution in [-0.2, 0) is 9.59 Å². The van der Waals surface area contributed by atoms with Crippen molar-refractivity contribution in [1.82, 2.24) is 15.1 Å². The van der Waals surface area contributed by atoms with E-state index in [0.717, 1.165) is 6.54 Å². The molecule has 1 aliphatic carbocycles. The highest BCUT2D eigenvalue weighted by Gasteiger charge is 2.62. The van der Waals surface area contributed by atoms with Crippen LogP contribution < -0.4 is 5.32 Å². The third-order valence-electron chi connectivity index (χ3n) is 3.64. The van der Waals surface area contributed by atoms with Gasteiger partial charge in [-0.1, -0.05) is 13.8 Å². The maximum atomic E-state index is 12.3. The fourth-order valence-corrected chi connectivity index (χ4v) is 2.78. The van der Waals surface area contributed by atoms with Crippen LogP contribution in [-0.4, -0.2) is 54.8 Å². The van der Waals surface area contributed by atoms with Crippen LogP contribution in [0.2, 0.25) is 0 Å². The van der Waals surface area contributed by atoms with Gasteiger partial charge in [-0.15, -0.1) is 0 Å². The molecular weight excluding hydrogens is 246 g/mol. The molecule has 4 amide bonds. The van der Waals surface area contributed by atoms with Crippen molar-refractivity contribution in [2.75, 3.05) is 27.2 Å². The highest BCUT2D eigenvalue weighted by Crippen LogP contribution is 2.49. The molecule has 0 radical (unpaired) electrons. The minimum Gasteiger partial charge on any atom is -0.309 e. The molecule has 1 N–H and O–H groups in total. The molecule has 2 rings (SSSR count). The summed E-state index contributed by atoms with van der Waals surface area (Å²) >= 11 is 0. The lowest BCUT2D eigenvalue weighted by molar-refractivity contribution is -0.145. The van der Waals surface area contributed by atoms with Crippen molar-refractivity contribution >= 4 is 17.8 Å². The third-order valence-corrected chi connectivity index (χ3v) is 3.64. The van der Waals surface area contributed by atoms with Gasteiger partial charge in [0.1, 0.15) is 5.41 Å². The van der Waals surface area contributed by atoms with Crippen molar-refractivity contribution in [3.8, 4) is 0 Å². The monoisotopic (exact) mass is 267 g/mol. The van der Waals surface area contributed by atoms with E-state index in [2.05, 4.69) is 5.32 Å². The maximum absolute atomic E-state index is 12.3. The van der Waals surface area contributed by atoms with Crippen molar-refractivity contribution in [1.29, 1.82) is 0 Å². The minimum absolute atomic E-state index is 0.215. The predicted molar refractivity (Wildman–Crippen MR) is 69.3 cm³/mol. The lowest BCUT2D eigenvalue weighted by Crippen LogP contribution is -2.61. The van der Waals surface area contributed by atoms with Gasteiger partial charge in [0.05, 0.1) is 0 Å². The van der Waals surface area contributed by atoms with Gasteiger partial charge in [-0.2, -0.15) is 0 Å². The molecule has 2 fully saturated rings. The smallest absolute Gasteiger partial charge is 0.309 e. The summed E-state index contributed by atoms with van der Waals surface area (Å²) in [5, 5.41) is 2.30. The highest BCUT2D eigenvalue weighted by molar-refractivity contribution is 6.20. The number of nitrogens with zero attached hydrogens (tertiary/aromatic N) is 2. The number of hydrogen-bond donors (Lipinski definition) is 1. The number of rotatable bonds is 4. The molecule has 1 saturated carbocycles. The second-order valence-electron chi connectivity index (χ2n) is 6.63. The molecule has 0 aromatic rings. The Labute approximate surface area is 113 Å². The SMILES string of the molecule is CN(C)CC(C)(C)CN1C(=O)NC(=O)C2(CC2)C1=O. The molecule has 1 saturated heterocycles. The first-order valence-electron chi connectivity index (χ1n) is 6.50. The number of amides is 4. The van der Waals surface area contributed by atoms with Crippen molar-refractivity contribution in [3.05, 3.63) is 0 Å². The standard InChI is InChI=1S/C13H21N3O3/c1-12(2,7-15(3)4)8-16-10(18)13(5-6-13)9(17)14-11(16)19/h5-8H2,1-4H3,(H,14,17,19). The number of urea groups is 1. The Bertz CT molecular complexity index is 438. The Morgan fingerprint density at radius 3 is 2.32 bits per heavy atom. The summed E-state index contributed by atoms with van der Waals surface area (Å²) in [5.41, 5.74) is -1.16. The number of imide groups is 2. The number of hydrogen-bond acceptors (Lipinski definition) is 4. The first kappa shape index (κ1) is 14.0. The van der Waals surface area contributed by atoms with Gasteiger partial charge in [0.25, 0.3) is 0 Å². The Kier molecular flexibility index (Phi) is 3.16. The second kappa shape index (κ2) is 4.30. The van der Waals surface area contributed by atoms with Crippen LogP contribution in [0, 0.1) is 10.8 Å². The van der Waals surface area contributed by atoms with Crippen LogP contribution >= 0.6 is 0 Å². The molecule has 1 aliphatic heterocycles. The van der Waals surface area contributed by atoms with Crippen LogP contribution in [0.5, 0.6) is 0 Å². The first-order chi connectivity index (χ1) is 8.68. The molecule has 6 nitrogen and oxygen atoms in total. The van der Waals surface area contributed by atoms with E-state index in [1.807, 2.05) is 32.8 Å². The molecule has 0 aromatic carbocycles. The molecule has 106 valence electrons. The molecule has 1 heterocycles. The molecule has 0 unspecified atom stereocenters. The van der Waals surface area contributed by atoms with E-state index in [4.69, 9.17) is 0 Å². The van der Waals surface area contributed by atoms with Crippen LogP contribution in [0.3, 0.4) is 0 Å². The molecule has 6 heteroatoms. The third kappa shape index (κ3) is 2.49. The summed E-state index contributed by atoms with van der Waals surface area (Å²) in [5.74, 6) is -0.753. The van der Waals surface area contributed by atoms with E-state index in [9.17, 15) is 14.4 Å². The zero-order valence-corrected chi connectivity index (χ0v) is 11.9. The fraction of sp³-hybridized carbons (Fsp3) is 0.769. The summed E-state index contributed by atoms with van der Waals surface area (Å²) in [6, 6.07) is -0.584. The van der Waals surface area contributed by atoms with E-state index in [0.29, 0.717) is 19.4 Å². The number of nitrogens with one attached hydrogen (secondary N) is 1. The van der Waals surface area contributed by atoms with Crippen LogP contribution in [0.4, 0.5) is 4.79 Å². The number of carbonyl (C=O) groups excluding carboxylic acids is 3. The van der Waals surface area contributed by atoms with E-state index in [1.54, 1.807) is 0 Å². The van der Waals surface area contributed by atoms with Crippen LogP contribution in [0.15, 0.2) is 0 Å². The second-order valence-corrected chi connectivity index (χ2v) is 6.63. The molecule has 19 heavy (non-hydrogen) atoms. The molecule has 0 atom stereocenters. The Morgan fingerprint density at radius 2 is 1.84 bits per heavy atom. The highest BCUT2D eigenvalue weighted by atomic mass is 16.2. The fourth-order valence-electron chi connectivity index (χ4n) is 2.78. The van der Waals surface area contributed by atoms with E-state index < -0.39 is 17.4 Å². The molecule has 2 aliphatic rings. The zero-order chi connectivity index (χ0) is 14.4. The van der Waals surface area contributed by atoms with Gasteiger partial charge in [0.15, 0.2) is 0 Å². The summed E-state index contributed by atoms with van der Waals surface area (Å²) in [7, 11) is 3.90. The van der Waals surface area contributed by atoms with Gasteiger partial charge in [-0.25, -0.2) is 4.79 Å². The topological polar surface area (TPSA) is 69.7 Å². The van der Waals surface area contributed by atoms with E-state index >= 15 is 0 Å². The predicted octanol–water partition coefficient (Wildman–Crippen LogP) is 0.433. The minimum atomic E-state index is -0.942. The van der Waals surface area contributed by atoms with Crippen LogP contribution in [0.25, 0.3) is 0 Å². The Morgan fingerprint density at radius 1 is 1.26 bits per heavy atom. The van der Waals surface area contributed by atoms with Crippen molar-refractivity contribution in [3.63, 3.8) is 0 Å². The Balaban J connectivity index is 2.13. The summed E-state index contributed by atoms with van der Waals surface area (Å²) in [4.78, 5) is 39.1. The van der Waals surface area contributed by atoms with Crippen LogP contribution in [0.1, 0.15) is 26.7 Å². The zero-order valence-electron chi connectivity index (χ0n) is 11.9. The summed E-state index contributed by atoms with van der Waals surface area (Å²) < 4.78 is 0. The van der Waals surface area contributed by atoms with Gasteiger partial charge >= 0.3 is 6.03 Å². The average Bonchev–Trinajstić information content (AvgIpc) is 3.02. The molecule has 0 bridgehead atoms. The van der Waals surface area contributed by atoms with Crippen molar-refractivity contribution < 1.29 is 14.4 Å². The lowest BCUT2D eigenvalue weighted by Gasteiger charge is -2.37. The van der Waals surface area contributed by atoms with Crippen molar-refractivity contribution in [2.24, 2.45) is 10.8 Å². The van der Waals surface area contributed by atoms with Gasteiger partial charge in [0.2, 0.25) is 11.8 Å². The number of carbonyl (C=O) groups is 3. The number of barbiturate groups is 1. The van der Waals surface area contributed by atoms with E-state index in [-0.39, 0.29) is 11.3 Å². The molecule has 1 spiro atoms. The summed E-state index contributed by atoms with van der Waals surface area (Å²) in [6.07, 6.45) is 1.10. The summed E-state index contributed by atoms with van der Waals surface area (Å²) in [6.45, 7) is 5.09. The van der Waals surface area contributed by atoms with Gasteiger partial charge in [-0.05, 0) is 32.4 Å². The van der Waals surface area contributed by atoms with Gasteiger partial charge in [-0.3, -0.25) is 19.8 Å². The Hall–Kier alpha value is -1.43. The van der Waals surface area contributed by atoms with Crippen molar-refractivity contribution in [2.45, 2.75) is 26.7 Å². The molecule has 0 aromatic heterocycles. The van der Waals surface area contributed by atoms with Gasteiger partial charge < -0.3 is 4.90 Å². The quantitative estimate of drug-likeness (QED) is 0.750. The lowest BCUT2D eigenvalue weighted by atomic mass is 9.90.